The molecule has 0 unspecified atom stereocenters. The molecule has 0 radical (unpaired) electrons. The van der Waals surface area contributed by atoms with E-state index in [4.69, 9.17) is 11.6 Å². The third-order valence-corrected chi connectivity index (χ3v) is 6.32. The van der Waals surface area contributed by atoms with E-state index < -0.39 is 5.91 Å². The van der Waals surface area contributed by atoms with E-state index in [1.165, 1.54) is 16.9 Å². The molecule has 5 rings (SSSR count). The molecule has 1 fully saturated rings. The van der Waals surface area contributed by atoms with Crippen LogP contribution in [0.4, 0.5) is 10.5 Å². The maximum absolute atomic E-state index is 13.0. The molecule has 2 amide bonds. The van der Waals surface area contributed by atoms with Crippen LogP contribution in [0.5, 0.6) is 5.75 Å². The summed E-state index contributed by atoms with van der Waals surface area (Å²) in [5.41, 5.74) is 4.46. The van der Waals surface area contributed by atoms with Gasteiger partial charge in [-0.05, 0) is 61.7 Å². The zero-order valence-corrected chi connectivity index (χ0v) is 20.3. The lowest BCUT2D eigenvalue weighted by atomic mass is 10.1. The van der Waals surface area contributed by atoms with Crippen LogP contribution in [0.15, 0.2) is 66.9 Å². The molecule has 0 bridgehead atoms. The Hall–Kier alpha value is -4.17. The minimum Gasteiger partial charge on any atom is -0.507 e. The van der Waals surface area contributed by atoms with Crippen molar-refractivity contribution in [3.05, 3.63) is 94.4 Å². The molecule has 3 N–H and O–H groups in total. The number of phenolic OH excluding ortho intramolecular Hbond substituents is 1. The van der Waals surface area contributed by atoms with E-state index in [1.54, 1.807) is 24.3 Å². The Bertz CT molecular complexity index is 1440. The first-order valence-electron chi connectivity index (χ1n) is 11.6. The number of carbonyl (C=O) groups excluding carboxylic acids is 2. The van der Waals surface area contributed by atoms with Gasteiger partial charge in [0.25, 0.3) is 5.91 Å². The molecule has 2 aromatic carbocycles. The van der Waals surface area contributed by atoms with Gasteiger partial charge >= 0.3 is 6.03 Å². The molecule has 2 heterocycles. The number of nitrogens with one attached hydrogen (secondary N) is 2. The SMILES string of the molecule is Cc1ccc(CNC(=O)n2nc(-c3cc(NC(=O)c4cccnc4Cl)ccc3O)cc2C2CC2)cc1. The van der Waals surface area contributed by atoms with Crippen molar-refractivity contribution in [2.75, 3.05) is 5.32 Å². The van der Waals surface area contributed by atoms with Crippen molar-refractivity contribution >= 4 is 29.2 Å². The van der Waals surface area contributed by atoms with E-state index in [0.717, 1.165) is 29.7 Å². The number of halogens is 1. The summed E-state index contributed by atoms with van der Waals surface area (Å²) >= 11 is 6.03. The predicted octanol–water partition coefficient (Wildman–Crippen LogP) is 5.50. The molecule has 4 aromatic rings. The third kappa shape index (κ3) is 5.08. The van der Waals surface area contributed by atoms with Gasteiger partial charge in [0.1, 0.15) is 10.9 Å². The van der Waals surface area contributed by atoms with Crippen molar-refractivity contribution in [1.82, 2.24) is 20.1 Å². The van der Waals surface area contributed by atoms with Crippen LogP contribution in [0.3, 0.4) is 0 Å². The van der Waals surface area contributed by atoms with Crippen LogP contribution in [0.1, 0.15) is 45.9 Å². The summed E-state index contributed by atoms with van der Waals surface area (Å²) in [6.45, 7) is 2.39. The average Bonchev–Trinajstić information content (AvgIpc) is 3.63. The van der Waals surface area contributed by atoms with Crippen molar-refractivity contribution < 1.29 is 14.7 Å². The summed E-state index contributed by atoms with van der Waals surface area (Å²) in [5, 5.41) is 20.9. The molecule has 0 atom stereocenters. The second-order valence-electron chi connectivity index (χ2n) is 8.81. The Morgan fingerprint density at radius 3 is 2.61 bits per heavy atom. The highest BCUT2D eigenvalue weighted by Gasteiger charge is 2.31. The van der Waals surface area contributed by atoms with E-state index in [9.17, 15) is 14.7 Å². The van der Waals surface area contributed by atoms with Gasteiger partial charge in [-0.3, -0.25) is 4.79 Å². The number of rotatable bonds is 6. The smallest absolute Gasteiger partial charge is 0.342 e. The number of hydrogen-bond donors (Lipinski definition) is 3. The van der Waals surface area contributed by atoms with E-state index in [0.29, 0.717) is 23.5 Å². The van der Waals surface area contributed by atoms with Crippen LogP contribution < -0.4 is 10.6 Å². The molecule has 182 valence electrons. The number of amides is 2. The number of aryl methyl sites for hydroxylation is 1. The maximum atomic E-state index is 13.0. The molecule has 9 heteroatoms. The number of phenols is 1. The van der Waals surface area contributed by atoms with Gasteiger partial charge in [-0.2, -0.15) is 9.78 Å². The van der Waals surface area contributed by atoms with Crippen LogP contribution in [-0.2, 0) is 6.54 Å². The maximum Gasteiger partial charge on any atom is 0.342 e. The first-order valence-corrected chi connectivity index (χ1v) is 12.0. The molecule has 1 aliphatic rings. The first kappa shape index (κ1) is 23.6. The van der Waals surface area contributed by atoms with Crippen LogP contribution in [-0.4, -0.2) is 31.8 Å². The fraction of sp³-hybridized carbons (Fsp3) is 0.185. The lowest BCUT2D eigenvalue weighted by Crippen LogP contribution is -2.30. The molecule has 2 aromatic heterocycles. The number of nitrogens with zero attached hydrogens (tertiary/aromatic N) is 3. The van der Waals surface area contributed by atoms with Gasteiger partial charge in [0.05, 0.1) is 17.0 Å². The molecule has 1 aliphatic carbocycles. The minimum absolute atomic E-state index is 0.0144. The molecule has 8 nitrogen and oxygen atoms in total. The monoisotopic (exact) mass is 501 g/mol. The van der Waals surface area contributed by atoms with Gasteiger partial charge in [-0.25, -0.2) is 9.78 Å². The fourth-order valence-electron chi connectivity index (χ4n) is 3.89. The largest absolute Gasteiger partial charge is 0.507 e. The van der Waals surface area contributed by atoms with Gasteiger partial charge in [-0.15, -0.1) is 0 Å². The highest BCUT2D eigenvalue weighted by atomic mass is 35.5. The number of aromatic hydroxyl groups is 1. The van der Waals surface area contributed by atoms with Crippen LogP contribution in [0.25, 0.3) is 11.3 Å². The van der Waals surface area contributed by atoms with Gasteiger partial charge in [-0.1, -0.05) is 41.4 Å². The Balaban J connectivity index is 1.39. The van der Waals surface area contributed by atoms with Crippen LogP contribution in [0, 0.1) is 6.92 Å². The lowest BCUT2D eigenvalue weighted by Gasteiger charge is -2.09. The molecule has 36 heavy (non-hydrogen) atoms. The number of pyridine rings is 1. The highest BCUT2D eigenvalue weighted by Crippen LogP contribution is 2.42. The van der Waals surface area contributed by atoms with Crippen molar-refractivity contribution in [3.63, 3.8) is 0 Å². The molecule has 0 aliphatic heterocycles. The summed E-state index contributed by atoms with van der Waals surface area (Å²) in [5.74, 6) is -0.196. The average molecular weight is 502 g/mol. The predicted molar refractivity (Wildman–Crippen MR) is 137 cm³/mol. The van der Waals surface area contributed by atoms with Crippen molar-refractivity contribution in [2.45, 2.75) is 32.2 Å². The lowest BCUT2D eigenvalue weighted by molar-refractivity contribution is 0.102. The number of hydrogen-bond acceptors (Lipinski definition) is 5. The van der Waals surface area contributed by atoms with E-state index in [1.807, 2.05) is 37.3 Å². The standard InChI is InChI=1S/C27H24ClN5O3/c1-16-4-6-17(7-5-16)15-30-27(36)33-23(18-8-9-18)14-22(32-33)21-13-19(10-11-24(21)34)31-26(35)20-3-2-12-29-25(20)28/h2-7,10-14,18,34H,8-9,15H2,1H3,(H,30,36)(H,31,35). The number of carbonyl (C=O) groups is 2. The van der Waals surface area contributed by atoms with Gasteiger partial charge in [0.2, 0.25) is 0 Å². The topological polar surface area (TPSA) is 109 Å². The summed E-state index contributed by atoms with van der Waals surface area (Å²) in [7, 11) is 0. The zero-order valence-electron chi connectivity index (χ0n) is 19.5. The Kier molecular flexibility index (Phi) is 6.43. The van der Waals surface area contributed by atoms with Gasteiger partial charge in [0.15, 0.2) is 0 Å². The van der Waals surface area contributed by atoms with Crippen molar-refractivity contribution in [2.24, 2.45) is 0 Å². The normalized spacial score (nSPS) is 12.8. The Morgan fingerprint density at radius 1 is 1.11 bits per heavy atom. The number of benzene rings is 2. The highest BCUT2D eigenvalue weighted by molar-refractivity contribution is 6.33. The number of aromatic nitrogens is 3. The van der Waals surface area contributed by atoms with E-state index in [-0.39, 0.29) is 28.4 Å². The third-order valence-electron chi connectivity index (χ3n) is 6.02. The van der Waals surface area contributed by atoms with Crippen LogP contribution in [0.2, 0.25) is 5.15 Å². The van der Waals surface area contributed by atoms with E-state index >= 15 is 0 Å². The van der Waals surface area contributed by atoms with Crippen molar-refractivity contribution in [1.29, 1.82) is 0 Å². The molecular weight excluding hydrogens is 478 g/mol. The van der Waals surface area contributed by atoms with Gasteiger partial charge < -0.3 is 15.7 Å². The second-order valence-corrected chi connectivity index (χ2v) is 9.17. The summed E-state index contributed by atoms with van der Waals surface area (Å²) in [6, 6.07) is 17.3. The Morgan fingerprint density at radius 2 is 1.89 bits per heavy atom. The molecule has 1 saturated carbocycles. The second kappa shape index (κ2) is 9.83. The molecular formula is C27H24ClN5O3. The minimum atomic E-state index is -0.426. The quantitative estimate of drug-likeness (QED) is 0.239. The first-order chi connectivity index (χ1) is 17.4. The number of anilines is 1. The van der Waals surface area contributed by atoms with Crippen molar-refractivity contribution in [3.8, 4) is 17.0 Å². The zero-order chi connectivity index (χ0) is 25.2. The van der Waals surface area contributed by atoms with Crippen LogP contribution >= 0.6 is 11.6 Å². The molecule has 0 spiro atoms. The fourth-order valence-corrected chi connectivity index (χ4v) is 4.10. The summed E-state index contributed by atoms with van der Waals surface area (Å²) in [6.07, 6.45) is 3.46. The van der Waals surface area contributed by atoms with Gasteiger partial charge in [0, 0.05) is 29.9 Å². The summed E-state index contributed by atoms with van der Waals surface area (Å²) < 4.78 is 1.38. The summed E-state index contributed by atoms with van der Waals surface area (Å²) in [4.78, 5) is 29.6. The van der Waals surface area contributed by atoms with E-state index in [2.05, 4.69) is 20.7 Å². The molecule has 0 saturated heterocycles. The Labute approximate surface area is 212 Å².